The maximum atomic E-state index is 10.9. The zero-order valence-corrected chi connectivity index (χ0v) is 24.2. The van der Waals surface area contributed by atoms with Gasteiger partial charge in [-0.1, -0.05) is 111 Å². The third kappa shape index (κ3) is 8.12. The molecule has 1 heterocycles. The van der Waals surface area contributed by atoms with Crippen LogP contribution in [-0.2, 0) is 25.7 Å². The SMILES string of the molecule is CCc1ccc(Cc2ccccc2C2SCCCS2)cc1.CCc1ccc(Cc2ccccc2C=O)cc1. The van der Waals surface area contributed by atoms with Crippen LogP contribution in [0.2, 0.25) is 0 Å². The third-order valence-corrected chi connectivity index (χ3v) is 9.95. The quantitative estimate of drug-likeness (QED) is 0.208. The first-order valence-electron chi connectivity index (χ1n) is 13.7. The molecule has 0 aliphatic carbocycles. The fourth-order valence-corrected chi connectivity index (χ4v) is 7.64. The molecule has 0 amide bonds. The Kier molecular flexibility index (Phi) is 11.2. The van der Waals surface area contributed by atoms with Crippen molar-refractivity contribution in [2.24, 2.45) is 0 Å². The van der Waals surface area contributed by atoms with Crippen LogP contribution in [0.3, 0.4) is 0 Å². The molecule has 3 heteroatoms. The molecule has 0 unspecified atom stereocenters. The molecule has 0 N–H and O–H groups in total. The van der Waals surface area contributed by atoms with E-state index in [0.717, 1.165) is 43.1 Å². The highest BCUT2D eigenvalue weighted by Crippen LogP contribution is 2.45. The molecule has 1 aliphatic heterocycles. The van der Waals surface area contributed by atoms with Gasteiger partial charge in [-0.3, -0.25) is 4.79 Å². The minimum absolute atomic E-state index is 0.630. The van der Waals surface area contributed by atoms with Gasteiger partial charge < -0.3 is 0 Å². The Morgan fingerprint density at radius 1 is 0.632 bits per heavy atom. The van der Waals surface area contributed by atoms with Crippen molar-refractivity contribution in [1.82, 2.24) is 0 Å². The lowest BCUT2D eigenvalue weighted by Crippen LogP contribution is -2.04. The predicted octanol–water partition coefficient (Wildman–Crippen LogP) is 9.36. The van der Waals surface area contributed by atoms with E-state index in [2.05, 4.69) is 110 Å². The average Bonchev–Trinajstić information content (AvgIpc) is 2.99. The summed E-state index contributed by atoms with van der Waals surface area (Å²) in [5, 5.41) is 0. The summed E-state index contributed by atoms with van der Waals surface area (Å²) in [6.45, 7) is 4.36. The van der Waals surface area contributed by atoms with Crippen molar-refractivity contribution in [2.45, 2.75) is 50.5 Å². The Hall–Kier alpha value is -2.75. The highest BCUT2D eigenvalue weighted by atomic mass is 32.2. The molecule has 0 radical (unpaired) electrons. The standard InChI is InChI=1S/C19H22S2.C16H16O/c1-2-15-8-10-16(11-9-15)14-17-6-3-4-7-18(17)19-20-12-5-13-21-19;1-2-13-7-9-14(10-8-13)11-15-5-3-4-6-16(15)12-17/h3-4,6-11,19H,2,5,12-14H2,1H3;3-10,12H,2,11H2,1H3. The van der Waals surface area contributed by atoms with Gasteiger partial charge in [0.05, 0.1) is 4.58 Å². The van der Waals surface area contributed by atoms with E-state index in [1.807, 2.05) is 24.3 Å². The average molecular weight is 539 g/mol. The molecule has 4 aromatic carbocycles. The molecule has 0 aromatic heterocycles. The van der Waals surface area contributed by atoms with Crippen molar-refractivity contribution in [3.63, 3.8) is 0 Å². The van der Waals surface area contributed by atoms with E-state index in [4.69, 9.17) is 0 Å². The van der Waals surface area contributed by atoms with E-state index in [1.165, 1.54) is 51.3 Å². The first kappa shape index (κ1) is 28.3. The van der Waals surface area contributed by atoms with Gasteiger partial charge in [-0.25, -0.2) is 0 Å². The van der Waals surface area contributed by atoms with Crippen LogP contribution in [0.4, 0.5) is 0 Å². The van der Waals surface area contributed by atoms with Crippen molar-refractivity contribution < 1.29 is 4.79 Å². The topological polar surface area (TPSA) is 17.1 Å². The van der Waals surface area contributed by atoms with Crippen molar-refractivity contribution in [2.75, 3.05) is 11.5 Å². The van der Waals surface area contributed by atoms with Crippen LogP contribution in [-0.4, -0.2) is 17.8 Å². The van der Waals surface area contributed by atoms with Gasteiger partial charge in [0.15, 0.2) is 0 Å². The maximum absolute atomic E-state index is 10.9. The predicted molar refractivity (Wildman–Crippen MR) is 168 cm³/mol. The van der Waals surface area contributed by atoms with Crippen molar-refractivity contribution >= 4 is 29.8 Å². The molecular weight excluding hydrogens is 501 g/mol. The van der Waals surface area contributed by atoms with Crippen molar-refractivity contribution in [1.29, 1.82) is 0 Å². The summed E-state index contributed by atoms with van der Waals surface area (Å²) in [5.74, 6) is 2.61. The zero-order valence-electron chi connectivity index (χ0n) is 22.6. The number of benzene rings is 4. The second-order valence-electron chi connectivity index (χ2n) is 9.64. The summed E-state index contributed by atoms with van der Waals surface area (Å²) in [6.07, 6.45) is 6.33. The van der Waals surface area contributed by atoms with Gasteiger partial charge >= 0.3 is 0 Å². The van der Waals surface area contributed by atoms with E-state index in [-0.39, 0.29) is 0 Å². The number of hydrogen-bond donors (Lipinski definition) is 0. The Morgan fingerprint density at radius 3 is 1.66 bits per heavy atom. The normalized spacial score (nSPS) is 13.4. The second kappa shape index (κ2) is 15.0. The lowest BCUT2D eigenvalue weighted by atomic mass is 9.99. The lowest BCUT2D eigenvalue weighted by molar-refractivity contribution is 0.112. The molecule has 0 bridgehead atoms. The fraction of sp³-hybridized carbons (Fsp3) is 0.286. The number of thioether (sulfide) groups is 2. The summed E-state index contributed by atoms with van der Waals surface area (Å²) in [4.78, 5) is 10.9. The number of hydrogen-bond acceptors (Lipinski definition) is 3. The monoisotopic (exact) mass is 538 g/mol. The molecule has 0 atom stereocenters. The van der Waals surface area contributed by atoms with Crippen LogP contribution >= 0.6 is 23.5 Å². The van der Waals surface area contributed by atoms with Gasteiger partial charge in [-0.2, -0.15) is 0 Å². The molecule has 4 aromatic rings. The van der Waals surface area contributed by atoms with Gasteiger partial charge in [0.1, 0.15) is 6.29 Å². The molecule has 5 rings (SSSR count). The molecule has 1 saturated heterocycles. The van der Waals surface area contributed by atoms with Gasteiger partial charge in [-0.15, -0.1) is 23.5 Å². The molecule has 0 saturated carbocycles. The Morgan fingerprint density at radius 2 is 1.11 bits per heavy atom. The van der Waals surface area contributed by atoms with E-state index in [9.17, 15) is 4.79 Å². The number of carbonyl (C=O) groups is 1. The fourth-order valence-electron chi connectivity index (χ4n) is 4.63. The third-order valence-electron chi connectivity index (χ3n) is 6.97. The summed E-state index contributed by atoms with van der Waals surface area (Å²) in [6, 6.07) is 34.4. The largest absolute Gasteiger partial charge is 0.298 e. The Labute approximate surface area is 237 Å². The van der Waals surface area contributed by atoms with Crippen LogP contribution in [0.5, 0.6) is 0 Å². The summed E-state index contributed by atoms with van der Waals surface area (Å²) in [5.41, 5.74) is 10.3. The highest BCUT2D eigenvalue weighted by Gasteiger charge is 2.19. The van der Waals surface area contributed by atoms with E-state index in [1.54, 1.807) is 0 Å². The number of aldehydes is 1. The van der Waals surface area contributed by atoms with Gasteiger partial charge in [0, 0.05) is 5.56 Å². The van der Waals surface area contributed by atoms with Gasteiger partial charge in [0.2, 0.25) is 0 Å². The number of aryl methyl sites for hydroxylation is 2. The number of rotatable bonds is 8. The highest BCUT2D eigenvalue weighted by molar-refractivity contribution is 8.16. The minimum Gasteiger partial charge on any atom is -0.298 e. The summed E-state index contributed by atoms with van der Waals surface area (Å²) >= 11 is 4.22. The molecule has 1 aliphatic rings. The van der Waals surface area contributed by atoms with Crippen LogP contribution in [0.25, 0.3) is 0 Å². The Bertz CT molecular complexity index is 1270. The number of carbonyl (C=O) groups excluding carboxylic acids is 1. The van der Waals surface area contributed by atoms with E-state index >= 15 is 0 Å². The Balaban J connectivity index is 0.000000181. The second-order valence-corrected chi connectivity index (χ2v) is 12.4. The van der Waals surface area contributed by atoms with Crippen LogP contribution in [0.1, 0.15) is 74.2 Å². The summed E-state index contributed by atoms with van der Waals surface area (Å²) < 4.78 is 0.630. The maximum Gasteiger partial charge on any atom is 0.150 e. The zero-order chi connectivity index (χ0) is 26.6. The molecular formula is C35H38OS2. The molecule has 0 spiro atoms. The van der Waals surface area contributed by atoms with Crippen LogP contribution < -0.4 is 0 Å². The molecule has 38 heavy (non-hydrogen) atoms. The van der Waals surface area contributed by atoms with Crippen LogP contribution in [0, 0.1) is 0 Å². The van der Waals surface area contributed by atoms with E-state index in [0.29, 0.717) is 4.58 Å². The van der Waals surface area contributed by atoms with Crippen molar-refractivity contribution in [3.8, 4) is 0 Å². The molecule has 196 valence electrons. The van der Waals surface area contributed by atoms with Crippen molar-refractivity contribution in [3.05, 3.63) is 142 Å². The summed E-state index contributed by atoms with van der Waals surface area (Å²) in [7, 11) is 0. The van der Waals surface area contributed by atoms with E-state index < -0.39 is 0 Å². The lowest BCUT2D eigenvalue weighted by Gasteiger charge is -2.23. The van der Waals surface area contributed by atoms with Gasteiger partial charge in [-0.05, 0) is 82.6 Å². The molecule has 1 nitrogen and oxygen atoms in total. The minimum atomic E-state index is 0.630. The van der Waals surface area contributed by atoms with Crippen LogP contribution in [0.15, 0.2) is 97.1 Å². The van der Waals surface area contributed by atoms with Gasteiger partial charge in [0.25, 0.3) is 0 Å². The molecule has 1 fully saturated rings. The smallest absolute Gasteiger partial charge is 0.150 e. The first-order valence-corrected chi connectivity index (χ1v) is 15.8. The first-order chi connectivity index (χ1) is 18.7.